The Hall–Kier alpha value is -2.15. The molecule has 0 spiro atoms. The van der Waals surface area contributed by atoms with Crippen molar-refractivity contribution in [2.75, 3.05) is 32.7 Å². The van der Waals surface area contributed by atoms with E-state index in [1.165, 1.54) is 10.5 Å². The van der Waals surface area contributed by atoms with E-state index in [0.717, 1.165) is 37.1 Å². The van der Waals surface area contributed by atoms with E-state index in [0.29, 0.717) is 13.1 Å². The monoisotopic (exact) mass is 276 g/mol. The number of hydrogen-bond donors (Lipinski definition) is 1. The SMILES string of the molecule is O=C(O)N1CCN(CCc2ccc3nonc3c2)CC1. The molecule has 0 radical (unpaired) electrons. The number of nitrogens with zero attached hydrogens (tertiary/aromatic N) is 4. The van der Waals surface area contributed by atoms with Crippen LogP contribution in [0.15, 0.2) is 22.8 Å². The van der Waals surface area contributed by atoms with Gasteiger partial charge >= 0.3 is 6.09 Å². The fourth-order valence-corrected chi connectivity index (χ4v) is 2.43. The van der Waals surface area contributed by atoms with Gasteiger partial charge in [0, 0.05) is 32.7 Å². The van der Waals surface area contributed by atoms with Gasteiger partial charge in [0.1, 0.15) is 11.0 Å². The van der Waals surface area contributed by atoms with E-state index in [4.69, 9.17) is 5.11 Å². The molecule has 2 aromatic rings. The van der Waals surface area contributed by atoms with Crippen LogP contribution in [0.2, 0.25) is 0 Å². The molecule has 3 rings (SSSR count). The van der Waals surface area contributed by atoms with Gasteiger partial charge in [0.05, 0.1) is 0 Å². The highest BCUT2D eigenvalue weighted by molar-refractivity contribution is 5.73. The minimum absolute atomic E-state index is 0.585. The Morgan fingerprint density at radius 2 is 1.95 bits per heavy atom. The first-order chi connectivity index (χ1) is 9.72. The summed E-state index contributed by atoms with van der Waals surface area (Å²) in [5.74, 6) is 0. The molecule has 20 heavy (non-hydrogen) atoms. The largest absolute Gasteiger partial charge is 0.465 e. The summed E-state index contributed by atoms with van der Waals surface area (Å²) in [5, 5.41) is 16.5. The number of benzene rings is 1. The first-order valence-corrected chi connectivity index (χ1v) is 6.64. The highest BCUT2D eigenvalue weighted by atomic mass is 16.6. The Kier molecular flexibility index (Phi) is 3.51. The molecular weight excluding hydrogens is 260 g/mol. The van der Waals surface area contributed by atoms with Crippen LogP contribution in [0.4, 0.5) is 4.79 Å². The fraction of sp³-hybridized carbons (Fsp3) is 0.462. The van der Waals surface area contributed by atoms with Crippen molar-refractivity contribution in [1.82, 2.24) is 20.1 Å². The van der Waals surface area contributed by atoms with Gasteiger partial charge in [-0.3, -0.25) is 4.90 Å². The summed E-state index contributed by atoms with van der Waals surface area (Å²) in [4.78, 5) is 14.6. The standard InChI is InChI=1S/C13H16N4O3/c18-13(19)17-7-5-16(6-8-17)4-3-10-1-2-11-12(9-10)15-20-14-11/h1-2,9H,3-8H2,(H,18,19). The number of rotatable bonds is 3. The van der Waals surface area contributed by atoms with Crippen molar-refractivity contribution in [3.05, 3.63) is 23.8 Å². The molecule has 1 aromatic heterocycles. The number of piperazine rings is 1. The normalized spacial score (nSPS) is 16.7. The van der Waals surface area contributed by atoms with E-state index in [-0.39, 0.29) is 0 Å². The Morgan fingerprint density at radius 1 is 1.20 bits per heavy atom. The van der Waals surface area contributed by atoms with Crippen LogP contribution in [0.1, 0.15) is 5.56 Å². The summed E-state index contributed by atoms with van der Waals surface area (Å²) in [6.07, 6.45) is 0.0872. The van der Waals surface area contributed by atoms with Crippen molar-refractivity contribution in [1.29, 1.82) is 0 Å². The number of carbonyl (C=O) groups is 1. The van der Waals surface area contributed by atoms with Gasteiger partial charge in [-0.05, 0) is 34.4 Å². The number of fused-ring (bicyclic) bond motifs is 1. The van der Waals surface area contributed by atoms with Gasteiger partial charge in [-0.15, -0.1) is 0 Å². The lowest BCUT2D eigenvalue weighted by molar-refractivity contribution is 0.106. The highest BCUT2D eigenvalue weighted by Gasteiger charge is 2.19. The minimum Gasteiger partial charge on any atom is -0.465 e. The number of aromatic nitrogens is 2. The van der Waals surface area contributed by atoms with Crippen molar-refractivity contribution < 1.29 is 14.5 Å². The minimum atomic E-state index is -0.825. The molecule has 106 valence electrons. The quantitative estimate of drug-likeness (QED) is 0.902. The smallest absolute Gasteiger partial charge is 0.407 e. The lowest BCUT2D eigenvalue weighted by Crippen LogP contribution is -2.48. The average molecular weight is 276 g/mol. The van der Waals surface area contributed by atoms with Gasteiger partial charge in [0.15, 0.2) is 0 Å². The predicted octanol–water partition coefficient (Wildman–Crippen LogP) is 1.06. The second-order valence-corrected chi connectivity index (χ2v) is 4.95. The van der Waals surface area contributed by atoms with Crippen molar-refractivity contribution in [2.24, 2.45) is 0 Å². The van der Waals surface area contributed by atoms with E-state index < -0.39 is 6.09 Å². The number of hydrogen-bond acceptors (Lipinski definition) is 5. The molecular formula is C13H16N4O3. The highest BCUT2D eigenvalue weighted by Crippen LogP contribution is 2.13. The first kappa shape index (κ1) is 12.9. The zero-order valence-corrected chi connectivity index (χ0v) is 11.0. The van der Waals surface area contributed by atoms with Gasteiger partial charge in [0.25, 0.3) is 0 Å². The zero-order valence-electron chi connectivity index (χ0n) is 11.0. The first-order valence-electron chi connectivity index (χ1n) is 6.64. The number of amides is 1. The van der Waals surface area contributed by atoms with Crippen LogP contribution >= 0.6 is 0 Å². The van der Waals surface area contributed by atoms with E-state index in [1.807, 2.05) is 18.2 Å². The molecule has 7 heteroatoms. The molecule has 1 fully saturated rings. The number of carboxylic acid groups (broad SMARTS) is 1. The van der Waals surface area contributed by atoms with Crippen molar-refractivity contribution in [3.63, 3.8) is 0 Å². The molecule has 0 saturated carbocycles. The molecule has 2 heterocycles. The third kappa shape index (κ3) is 2.72. The molecule has 0 unspecified atom stereocenters. The van der Waals surface area contributed by atoms with Crippen LogP contribution in [-0.2, 0) is 6.42 Å². The maximum Gasteiger partial charge on any atom is 0.407 e. The van der Waals surface area contributed by atoms with Crippen molar-refractivity contribution >= 4 is 17.1 Å². The van der Waals surface area contributed by atoms with Crippen LogP contribution in [0.5, 0.6) is 0 Å². The van der Waals surface area contributed by atoms with Gasteiger partial charge in [-0.2, -0.15) is 0 Å². The topological polar surface area (TPSA) is 82.7 Å². The molecule has 1 aromatic carbocycles. The maximum atomic E-state index is 10.8. The lowest BCUT2D eigenvalue weighted by atomic mass is 10.1. The summed E-state index contributed by atoms with van der Waals surface area (Å²) in [6, 6.07) is 5.92. The summed E-state index contributed by atoms with van der Waals surface area (Å²) >= 11 is 0. The maximum absolute atomic E-state index is 10.8. The Balaban J connectivity index is 1.53. The van der Waals surface area contributed by atoms with Crippen molar-refractivity contribution in [3.8, 4) is 0 Å². The summed E-state index contributed by atoms with van der Waals surface area (Å²) in [7, 11) is 0. The fourth-order valence-electron chi connectivity index (χ4n) is 2.43. The lowest BCUT2D eigenvalue weighted by Gasteiger charge is -2.33. The third-order valence-corrected chi connectivity index (χ3v) is 3.68. The third-order valence-electron chi connectivity index (χ3n) is 3.68. The molecule has 1 amide bonds. The van der Waals surface area contributed by atoms with Gasteiger partial charge in [-0.1, -0.05) is 6.07 Å². The van der Waals surface area contributed by atoms with Crippen LogP contribution in [0.3, 0.4) is 0 Å². The van der Waals surface area contributed by atoms with E-state index in [1.54, 1.807) is 0 Å². The van der Waals surface area contributed by atoms with Crippen molar-refractivity contribution in [2.45, 2.75) is 6.42 Å². The van der Waals surface area contributed by atoms with Crippen LogP contribution in [0, 0.1) is 0 Å². The summed E-state index contributed by atoms with van der Waals surface area (Å²) in [5.41, 5.74) is 2.73. The van der Waals surface area contributed by atoms with E-state index in [9.17, 15) is 4.79 Å². The molecule has 1 aliphatic rings. The molecule has 1 N–H and O–H groups in total. The van der Waals surface area contributed by atoms with E-state index >= 15 is 0 Å². The second-order valence-electron chi connectivity index (χ2n) is 4.95. The zero-order chi connectivity index (χ0) is 13.9. The molecule has 1 saturated heterocycles. The molecule has 0 bridgehead atoms. The van der Waals surface area contributed by atoms with Crippen LogP contribution in [0.25, 0.3) is 11.0 Å². The summed E-state index contributed by atoms with van der Waals surface area (Å²) < 4.78 is 4.68. The van der Waals surface area contributed by atoms with Gasteiger partial charge in [-0.25, -0.2) is 9.42 Å². The molecule has 7 nitrogen and oxygen atoms in total. The summed E-state index contributed by atoms with van der Waals surface area (Å²) in [6.45, 7) is 3.67. The van der Waals surface area contributed by atoms with Crippen LogP contribution < -0.4 is 0 Å². The van der Waals surface area contributed by atoms with E-state index in [2.05, 4.69) is 19.8 Å². The Bertz CT molecular complexity index is 604. The van der Waals surface area contributed by atoms with Gasteiger partial charge < -0.3 is 10.0 Å². The predicted molar refractivity (Wildman–Crippen MR) is 71.5 cm³/mol. The molecule has 0 aliphatic carbocycles. The van der Waals surface area contributed by atoms with Crippen LogP contribution in [-0.4, -0.2) is 64.0 Å². The second kappa shape index (κ2) is 5.46. The Morgan fingerprint density at radius 3 is 2.70 bits per heavy atom. The molecule has 0 atom stereocenters. The average Bonchev–Trinajstić information content (AvgIpc) is 2.93. The van der Waals surface area contributed by atoms with Gasteiger partial charge in [0.2, 0.25) is 0 Å². The Labute approximate surface area is 115 Å². The molecule has 1 aliphatic heterocycles.